The molecule has 0 aliphatic heterocycles. The Bertz CT molecular complexity index is 152. The molecule has 0 unspecified atom stereocenters. The van der Waals surface area contributed by atoms with Crippen LogP contribution in [0.1, 0.15) is 0 Å². The first-order valence-corrected chi connectivity index (χ1v) is 3.03. The van der Waals surface area contributed by atoms with Crippen molar-refractivity contribution in [3.63, 3.8) is 0 Å². The van der Waals surface area contributed by atoms with Crippen LogP contribution in [-0.4, -0.2) is 5.11 Å². The highest BCUT2D eigenvalue weighted by Gasteiger charge is 1.83. The fraction of sp³-hybridized carbons (Fsp3) is 0. The van der Waals surface area contributed by atoms with Gasteiger partial charge in [-0.05, 0) is 24.3 Å². The molecule has 0 fully saturated rings. The normalized spacial score (nSPS) is 8.11. The Morgan fingerprint density at radius 2 is 1.56 bits per heavy atom. The van der Waals surface area contributed by atoms with E-state index in [0.717, 1.165) is 4.47 Å². The molecule has 0 radical (unpaired) electrons. The SMILES string of the molecule is N.Oc1ccc(Br)cc1. The van der Waals surface area contributed by atoms with Gasteiger partial charge in [0.25, 0.3) is 0 Å². The Hall–Kier alpha value is -0.540. The number of hydrogen-bond acceptors (Lipinski definition) is 2. The summed E-state index contributed by atoms with van der Waals surface area (Å²) in [6.45, 7) is 0. The maximum absolute atomic E-state index is 8.74. The molecule has 0 amide bonds. The first kappa shape index (κ1) is 8.46. The van der Waals surface area contributed by atoms with E-state index in [2.05, 4.69) is 15.9 Å². The third-order valence-corrected chi connectivity index (χ3v) is 1.36. The van der Waals surface area contributed by atoms with Crippen molar-refractivity contribution in [1.29, 1.82) is 0 Å². The molecule has 0 saturated heterocycles. The van der Waals surface area contributed by atoms with Crippen LogP contribution in [0.4, 0.5) is 0 Å². The summed E-state index contributed by atoms with van der Waals surface area (Å²) < 4.78 is 0.982. The topological polar surface area (TPSA) is 55.2 Å². The van der Waals surface area contributed by atoms with E-state index in [1.165, 1.54) is 0 Å². The van der Waals surface area contributed by atoms with Crippen LogP contribution in [-0.2, 0) is 0 Å². The molecular weight excluding hydrogens is 182 g/mol. The average Bonchev–Trinajstić information content (AvgIpc) is 1.77. The molecule has 0 atom stereocenters. The summed E-state index contributed by atoms with van der Waals surface area (Å²) in [5.41, 5.74) is 0. The zero-order valence-electron chi connectivity index (χ0n) is 4.84. The van der Waals surface area contributed by atoms with Gasteiger partial charge in [0.15, 0.2) is 0 Å². The molecule has 0 heterocycles. The van der Waals surface area contributed by atoms with Gasteiger partial charge < -0.3 is 11.3 Å². The van der Waals surface area contributed by atoms with Gasteiger partial charge >= 0.3 is 0 Å². The van der Waals surface area contributed by atoms with Gasteiger partial charge in [0.1, 0.15) is 5.75 Å². The lowest BCUT2D eigenvalue weighted by Crippen LogP contribution is -1.61. The van der Waals surface area contributed by atoms with Crippen LogP contribution >= 0.6 is 15.9 Å². The van der Waals surface area contributed by atoms with Crippen molar-refractivity contribution in [2.24, 2.45) is 0 Å². The van der Waals surface area contributed by atoms with E-state index in [0.29, 0.717) is 5.75 Å². The highest BCUT2D eigenvalue weighted by Crippen LogP contribution is 2.13. The summed E-state index contributed by atoms with van der Waals surface area (Å²) in [5, 5.41) is 8.74. The van der Waals surface area contributed by atoms with Gasteiger partial charge in [-0.25, -0.2) is 0 Å². The molecule has 0 aliphatic rings. The minimum atomic E-state index is 0. The minimum absolute atomic E-state index is 0. The third-order valence-electron chi connectivity index (χ3n) is 0.827. The molecule has 9 heavy (non-hydrogen) atoms. The van der Waals surface area contributed by atoms with Crippen molar-refractivity contribution in [2.45, 2.75) is 0 Å². The van der Waals surface area contributed by atoms with E-state index in [1.807, 2.05) is 0 Å². The van der Waals surface area contributed by atoms with Crippen LogP contribution in [0.15, 0.2) is 28.7 Å². The highest BCUT2D eigenvalue weighted by molar-refractivity contribution is 9.10. The van der Waals surface area contributed by atoms with Gasteiger partial charge in [-0.15, -0.1) is 0 Å². The lowest BCUT2D eigenvalue weighted by molar-refractivity contribution is 0.475. The van der Waals surface area contributed by atoms with Crippen LogP contribution < -0.4 is 6.15 Å². The fourth-order valence-electron chi connectivity index (χ4n) is 0.441. The van der Waals surface area contributed by atoms with E-state index < -0.39 is 0 Å². The Labute approximate surface area is 62.2 Å². The number of phenols is 1. The van der Waals surface area contributed by atoms with Gasteiger partial charge in [-0.2, -0.15) is 0 Å². The standard InChI is InChI=1S/C6H5BrO.H3N/c7-5-1-3-6(8)4-2-5;/h1-4,8H;1H3. The summed E-state index contributed by atoms with van der Waals surface area (Å²) in [6, 6.07) is 6.83. The second-order valence-electron chi connectivity index (χ2n) is 1.48. The number of aromatic hydroxyl groups is 1. The number of hydrogen-bond donors (Lipinski definition) is 2. The second kappa shape index (κ2) is 3.48. The van der Waals surface area contributed by atoms with Gasteiger partial charge in [0.2, 0.25) is 0 Å². The molecule has 0 bridgehead atoms. The smallest absolute Gasteiger partial charge is 0.115 e. The summed E-state index contributed by atoms with van der Waals surface area (Å²) in [7, 11) is 0. The molecule has 3 heteroatoms. The number of benzene rings is 1. The predicted octanol–water partition coefficient (Wildman–Crippen LogP) is 2.32. The summed E-state index contributed by atoms with van der Waals surface area (Å²) in [5.74, 6) is 0.299. The van der Waals surface area contributed by atoms with Crippen LogP contribution in [0.2, 0.25) is 0 Å². The molecule has 4 N–H and O–H groups in total. The van der Waals surface area contributed by atoms with E-state index in [-0.39, 0.29) is 6.15 Å². The lowest BCUT2D eigenvalue weighted by atomic mass is 10.3. The lowest BCUT2D eigenvalue weighted by Gasteiger charge is -1.87. The van der Waals surface area contributed by atoms with Gasteiger partial charge in [-0.1, -0.05) is 15.9 Å². The molecular formula is C6H8BrNO. The highest BCUT2D eigenvalue weighted by atomic mass is 79.9. The zero-order valence-corrected chi connectivity index (χ0v) is 6.43. The first-order chi connectivity index (χ1) is 3.79. The van der Waals surface area contributed by atoms with Crippen LogP contribution in [0, 0.1) is 0 Å². The average molecular weight is 190 g/mol. The van der Waals surface area contributed by atoms with E-state index >= 15 is 0 Å². The number of rotatable bonds is 0. The van der Waals surface area contributed by atoms with Crippen LogP contribution in [0.25, 0.3) is 0 Å². The second-order valence-corrected chi connectivity index (χ2v) is 2.39. The van der Waals surface area contributed by atoms with Crippen LogP contribution in [0.3, 0.4) is 0 Å². The minimum Gasteiger partial charge on any atom is -0.508 e. The van der Waals surface area contributed by atoms with E-state index in [9.17, 15) is 0 Å². The maximum Gasteiger partial charge on any atom is 0.115 e. The van der Waals surface area contributed by atoms with Crippen molar-refractivity contribution in [1.82, 2.24) is 6.15 Å². The Kier molecular flexibility index (Phi) is 3.27. The maximum atomic E-state index is 8.74. The zero-order chi connectivity index (χ0) is 5.98. The van der Waals surface area contributed by atoms with Crippen molar-refractivity contribution < 1.29 is 5.11 Å². The molecule has 0 aliphatic carbocycles. The quantitative estimate of drug-likeness (QED) is 0.659. The summed E-state index contributed by atoms with van der Waals surface area (Å²) in [6.07, 6.45) is 0. The number of phenolic OH excluding ortho intramolecular Hbond substituents is 1. The van der Waals surface area contributed by atoms with Crippen molar-refractivity contribution in [3.05, 3.63) is 28.7 Å². The first-order valence-electron chi connectivity index (χ1n) is 2.23. The molecule has 50 valence electrons. The van der Waals surface area contributed by atoms with Crippen LogP contribution in [0.5, 0.6) is 5.75 Å². The molecule has 0 aromatic heterocycles. The molecule has 0 saturated carbocycles. The largest absolute Gasteiger partial charge is 0.508 e. The fourth-order valence-corrected chi connectivity index (χ4v) is 0.705. The monoisotopic (exact) mass is 189 g/mol. The summed E-state index contributed by atoms with van der Waals surface area (Å²) >= 11 is 3.23. The number of halogens is 1. The summed E-state index contributed by atoms with van der Waals surface area (Å²) in [4.78, 5) is 0. The van der Waals surface area contributed by atoms with Crippen molar-refractivity contribution in [3.8, 4) is 5.75 Å². The molecule has 1 aromatic carbocycles. The van der Waals surface area contributed by atoms with E-state index in [4.69, 9.17) is 5.11 Å². The van der Waals surface area contributed by atoms with Crippen molar-refractivity contribution in [2.75, 3.05) is 0 Å². The third kappa shape index (κ3) is 2.49. The Morgan fingerprint density at radius 1 is 1.11 bits per heavy atom. The molecule has 1 rings (SSSR count). The van der Waals surface area contributed by atoms with Gasteiger partial charge in [0, 0.05) is 4.47 Å². The molecule has 1 aromatic rings. The predicted molar refractivity (Wildman–Crippen MR) is 40.8 cm³/mol. The Morgan fingerprint density at radius 3 is 1.89 bits per heavy atom. The molecule has 0 spiro atoms. The van der Waals surface area contributed by atoms with E-state index in [1.54, 1.807) is 24.3 Å². The Balaban J connectivity index is 0.000000640. The molecule has 2 nitrogen and oxygen atoms in total. The van der Waals surface area contributed by atoms with Gasteiger partial charge in [0.05, 0.1) is 0 Å². The van der Waals surface area contributed by atoms with Gasteiger partial charge in [-0.3, -0.25) is 0 Å². The van der Waals surface area contributed by atoms with Crippen molar-refractivity contribution >= 4 is 15.9 Å².